The monoisotopic (exact) mass is 273 g/mol. The van der Waals surface area contributed by atoms with Crippen LogP contribution in [-0.4, -0.2) is 17.7 Å². The van der Waals surface area contributed by atoms with E-state index in [1.165, 1.54) is 13.0 Å². The van der Waals surface area contributed by atoms with Gasteiger partial charge in [-0.15, -0.1) is 0 Å². The number of alkyl halides is 3. The van der Waals surface area contributed by atoms with Crippen molar-refractivity contribution < 1.29 is 27.8 Å². The summed E-state index contributed by atoms with van der Waals surface area (Å²) in [6.07, 6.45) is -4.76. The van der Waals surface area contributed by atoms with Gasteiger partial charge in [0.15, 0.2) is 0 Å². The average Bonchev–Trinajstić information content (AvgIpc) is 2.36. The fourth-order valence-electron chi connectivity index (χ4n) is 1.50. The molecule has 0 bridgehead atoms. The molecule has 0 atom stereocenters. The standard InChI is InChI=1S/C12H10F3NO3/c1-2-19-11(18)9-4-10(12(13,14)15)7(5-16)3-8(9)6-17/h3-4,17H,2,6H2,1H3. The summed E-state index contributed by atoms with van der Waals surface area (Å²) in [5.74, 6) is -0.971. The second-order valence-electron chi connectivity index (χ2n) is 3.54. The minimum absolute atomic E-state index is 0.00887. The second kappa shape index (κ2) is 5.71. The van der Waals surface area contributed by atoms with E-state index < -0.39 is 35.4 Å². The van der Waals surface area contributed by atoms with Crippen LogP contribution in [0, 0.1) is 11.3 Å². The molecule has 0 aromatic heterocycles. The van der Waals surface area contributed by atoms with Crippen LogP contribution < -0.4 is 0 Å². The molecule has 0 aliphatic carbocycles. The van der Waals surface area contributed by atoms with Gasteiger partial charge in [0.05, 0.1) is 36.0 Å². The first-order valence-electron chi connectivity index (χ1n) is 5.27. The number of ether oxygens (including phenoxy) is 1. The summed E-state index contributed by atoms with van der Waals surface area (Å²) in [4.78, 5) is 11.5. The lowest BCUT2D eigenvalue weighted by Gasteiger charge is -2.13. The maximum atomic E-state index is 12.7. The molecule has 0 unspecified atom stereocenters. The normalized spacial score (nSPS) is 10.9. The van der Waals surface area contributed by atoms with Gasteiger partial charge in [-0.05, 0) is 24.6 Å². The van der Waals surface area contributed by atoms with Crippen molar-refractivity contribution in [2.24, 2.45) is 0 Å². The largest absolute Gasteiger partial charge is 0.462 e. The number of rotatable bonds is 3. The highest BCUT2D eigenvalue weighted by molar-refractivity contribution is 5.91. The summed E-state index contributed by atoms with van der Waals surface area (Å²) in [6.45, 7) is 0.830. The van der Waals surface area contributed by atoms with E-state index in [2.05, 4.69) is 4.74 Å². The quantitative estimate of drug-likeness (QED) is 0.857. The van der Waals surface area contributed by atoms with Crippen LogP contribution in [-0.2, 0) is 17.5 Å². The molecule has 0 heterocycles. The highest BCUT2D eigenvalue weighted by Gasteiger charge is 2.35. The lowest BCUT2D eigenvalue weighted by molar-refractivity contribution is -0.137. The van der Waals surface area contributed by atoms with Gasteiger partial charge < -0.3 is 9.84 Å². The zero-order valence-electron chi connectivity index (χ0n) is 9.91. The third-order valence-electron chi connectivity index (χ3n) is 2.33. The summed E-state index contributed by atoms with van der Waals surface area (Å²) in [5, 5.41) is 17.7. The van der Waals surface area contributed by atoms with E-state index in [0.29, 0.717) is 6.07 Å². The summed E-state index contributed by atoms with van der Waals surface area (Å²) < 4.78 is 42.8. The summed E-state index contributed by atoms with van der Waals surface area (Å²) in [6, 6.07) is 2.76. The van der Waals surface area contributed by atoms with E-state index in [1.54, 1.807) is 0 Å². The van der Waals surface area contributed by atoms with E-state index in [4.69, 9.17) is 10.4 Å². The highest BCUT2D eigenvalue weighted by atomic mass is 19.4. The van der Waals surface area contributed by atoms with Gasteiger partial charge in [0.25, 0.3) is 0 Å². The fourth-order valence-corrected chi connectivity index (χ4v) is 1.50. The van der Waals surface area contributed by atoms with Crippen LogP contribution in [0.4, 0.5) is 13.2 Å². The van der Waals surface area contributed by atoms with E-state index in [9.17, 15) is 18.0 Å². The predicted molar refractivity (Wildman–Crippen MR) is 58.0 cm³/mol. The molecule has 1 N–H and O–H groups in total. The van der Waals surface area contributed by atoms with Crippen molar-refractivity contribution in [3.8, 4) is 6.07 Å². The molecule has 0 spiro atoms. The third kappa shape index (κ3) is 3.23. The Balaban J connectivity index is 3.47. The van der Waals surface area contributed by atoms with Crippen LogP contribution in [0.2, 0.25) is 0 Å². The molecule has 19 heavy (non-hydrogen) atoms. The Bertz CT molecular complexity index is 532. The smallest absolute Gasteiger partial charge is 0.417 e. The van der Waals surface area contributed by atoms with Crippen LogP contribution in [0.15, 0.2) is 12.1 Å². The van der Waals surface area contributed by atoms with Crippen LogP contribution in [0.3, 0.4) is 0 Å². The lowest BCUT2D eigenvalue weighted by atomic mass is 9.99. The molecule has 0 fully saturated rings. The van der Waals surface area contributed by atoms with Crippen molar-refractivity contribution in [3.05, 3.63) is 34.4 Å². The van der Waals surface area contributed by atoms with Crippen molar-refractivity contribution in [2.45, 2.75) is 19.7 Å². The average molecular weight is 273 g/mol. The zero-order valence-corrected chi connectivity index (χ0v) is 9.91. The van der Waals surface area contributed by atoms with Crippen LogP contribution in [0.25, 0.3) is 0 Å². The van der Waals surface area contributed by atoms with Gasteiger partial charge in [-0.25, -0.2) is 4.79 Å². The topological polar surface area (TPSA) is 70.3 Å². The van der Waals surface area contributed by atoms with Crippen molar-refractivity contribution in [1.29, 1.82) is 5.26 Å². The number of halogens is 3. The van der Waals surface area contributed by atoms with Gasteiger partial charge in [-0.1, -0.05) is 0 Å². The number of aliphatic hydroxyl groups excluding tert-OH is 1. The number of nitriles is 1. The molecule has 0 saturated heterocycles. The van der Waals surface area contributed by atoms with Gasteiger partial charge in [-0.2, -0.15) is 18.4 Å². The number of carbonyl (C=O) groups excluding carboxylic acids is 1. The minimum atomic E-state index is -4.76. The molecule has 102 valence electrons. The van der Waals surface area contributed by atoms with E-state index >= 15 is 0 Å². The Morgan fingerprint density at radius 1 is 1.47 bits per heavy atom. The van der Waals surface area contributed by atoms with Gasteiger partial charge >= 0.3 is 12.1 Å². The molecule has 1 aromatic carbocycles. The molecule has 1 rings (SSSR count). The number of carbonyl (C=O) groups is 1. The lowest BCUT2D eigenvalue weighted by Crippen LogP contribution is -2.14. The Morgan fingerprint density at radius 3 is 2.53 bits per heavy atom. The van der Waals surface area contributed by atoms with Crippen LogP contribution in [0.1, 0.15) is 34.0 Å². The van der Waals surface area contributed by atoms with E-state index in [1.807, 2.05) is 0 Å². The van der Waals surface area contributed by atoms with Gasteiger partial charge in [0.2, 0.25) is 0 Å². The van der Waals surface area contributed by atoms with Crippen molar-refractivity contribution in [2.75, 3.05) is 6.61 Å². The summed E-state index contributed by atoms with van der Waals surface area (Å²) in [7, 11) is 0. The molecule has 7 heteroatoms. The highest BCUT2D eigenvalue weighted by Crippen LogP contribution is 2.33. The van der Waals surface area contributed by atoms with E-state index in [0.717, 1.165) is 6.07 Å². The molecule has 4 nitrogen and oxygen atoms in total. The fraction of sp³-hybridized carbons (Fsp3) is 0.333. The molecule has 0 aliphatic rings. The van der Waals surface area contributed by atoms with Crippen molar-refractivity contribution >= 4 is 5.97 Å². The summed E-state index contributed by atoms with van der Waals surface area (Å²) in [5.41, 5.74) is -2.35. The van der Waals surface area contributed by atoms with Crippen LogP contribution >= 0.6 is 0 Å². The van der Waals surface area contributed by atoms with Gasteiger partial charge in [-0.3, -0.25) is 0 Å². The number of aliphatic hydroxyl groups is 1. The third-order valence-corrected chi connectivity index (χ3v) is 2.33. The first kappa shape index (κ1) is 15.0. The number of hydrogen-bond acceptors (Lipinski definition) is 4. The second-order valence-corrected chi connectivity index (χ2v) is 3.54. The van der Waals surface area contributed by atoms with Crippen LogP contribution in [0.5, 0.6) is 0 Å². The summed E-state index contributed by atoms with van der Waals surface area (Å²) >= 11 is 0. The maximum Gasteiger partial charge on any atom is 0.417 e. The first-order valence-corrected chi connectivity index (χ1v) is 5.27. The number of benzene rings is 1. The molecule has 0 radical (unpaired) electrons. The van der Waals surface area contributed by atoms with Crippen molar-refractivity contribution in [3.63, 3.8) is 0 Å². The van der Waals surface area contributed by atoms with Crippen molar-refractivity contribution in [1.82, 2.24) is 0 Å². The molecular weight excluding hydrogens is 263 g/mol. The molecule has 0 saturated carbocycles. The van der Waals surface area contributed by atoms with E-state index in [-0.39, 0.29) is 12.2 Å². The Morgan fingerprint density at radius 2 is 2.11 bits per heavy atom. The number of hydrogen-bond donors (Lipinski definition) is 1. The molecule has 0 amide bonds. The molecule has 1 aromatic rings. The molecule has 0 aliphatic heterocycles. The Kier molecular flexibility index (Phi) is 4.51. The number of esters is 1. The number of nitrogens with zero attached hydrogens (tertiary/aromatic N) is 1. The zero-order chi connectivity index (χ0) is 14.6. The van der Waals surface area contributed by atoms with Gasteiger partial charge in [0, 0.05) is 0 Å². The minimum Gasteiger partial charge on any atom is -0.462 e. The Labute approximate surface area is 107 Å². The maximum absolute atomic E-state index is 12.7. The first-order chi connectivity index (χ1) is 8.85. The Hall–Kier alpha value is -2.07. The SMILES string of the molecule is CCOC(=O)c1cc(C(F)(F)F)c(C#N)cc1CO. The molecular formula is C12H10F3NO3. The van der Waals surface area contributed by atoms with Gasteiger partial charge in [0.1, 0.15) is 0 Å². The predicted octanol–water partition coefficient (Wildman–Crippen LogP) is 2.25.